The van der Waals surface area contributed by atoms with Crippen LogP contribution in [0.3, 0.4) is 0 Å². The number of rotatable bonds is 2. The monoisotopic (exact) mass is 279 g/mol. The van der Waals surface area contributed by atoms with Crippen LogP contribution in [-0.2, 0) is 19.4 Å². The molecule has 16 heavy (non-hydrogen) atoms. The van der Waals surface area contributed by atoms with Crippen LogP contribution in [0.2, 0.25) is 0 Å². The van der Waals surface area contributed by atoms with E-state index in [-0.39, 0.29) is 6.61 Å². The third kappa shape index (κ3) is 1.50. The molecule has 1 aromatic carbocycles. The molecule has 0 amide bonds. The van der Waals surface area contributed by atoms with Crippen LogP contribution in [0.15, 0.2) is 22.8 Å². The SMILES string of the molecule is OCCc1cn2c3c(cc(Br)cc13)CCC2. The Bertz CT molecular complexity index is 544. The fraction of sp³-hybridized carbons (Fsp3) is 0.385. The number of aliphatic hydroxyl groups excluding tert-OH is 1. The van der Waals surface area contributed by atoms with Crippen LogP contribution in [0.25, 0.3) is 10.9 Å². The molecule has 3 heteroatoms. The minimum Gasteiger partial charge on any atom is -0.396 e. The highest BCUT2D eigenvalue weighted by atomic mass is 79.9. The molecule has 1 aromatic heterocycles. The van der Waals surface area contributed by atoms with Crippen LogP contribution in [0.1, 0.15) is 17.5 Å². The van der Waals surface area contributed by atoms with Crippen molar-refractivity contribution in [1.82, 2.24) is 4.57 Å². The number of hydrogen-bond acceptors (Lipinski definition) is 1. The molecule has 0 aliphatic carbocycles. The molecule has 2 aromatic rings. The lowest BCUT2D eigenvalue weighted by atomic mass is 10.0. The predicted molar refractivity (Wildman–Crippen MR) is 68.7 cm³/mol. The summed E-state index contributed by atoms with van der Waals surface area (Å²) in [5.41, 5.74) is 4.07. The van der Waals surface area contributed by atoms with Gasteiger partial charge in [-0.05, 0) is 42.5 Å². The molecule has 0 bridgehead atoms. The first-order valence-electron chi connectivity index (χ1n) is 5.70. The molecule has 0 atom stereocenters. The second-order valence-corrected chi connectivity index (χ2v) is 5.30. The molecule has 0 unspecified atom stereocenters. The van der Waals surface area contributed by atoms with Gasteiger partial charge in [-0.3, -0.25) is 0 Å². The lowest BCUT2D eigenvalue weighted by Crippen LogP contribution is -2.06. The van der Waals surface area contributed by atoms with Gasteiger partial charge in [0.2, 0.25) is 0 Å². The molecule has 0 saturated carbocycles. The molecule has 1 aliphatic rings. The van der Waals surface area contributed by atoms with Crippen molar-refractivity contribution >= 4 is 26.8 Å². The zero-order valence-electron chi connectivity index (χ0n) is 9.04. The smallest absolute Gasteiger partial charge is 0.0516 e. The number of halogens is 1. The molecule has 0 spiro atoms. The van der Waals surface area contributed by atoms with Crippen molar-refractivity contribution in [2.24, 2.45) is 0 Å². The fourth-order valence-electron chi connectivity index (χ4n) is 2.69. The van der Waals surface area contributed by atoms with E-state index in [1.54, 1.807) is 0 Å². The van der Waals surface area contributed by atoms with E-state index in [4.69, 9.17) is 5.11 Å². The number of aliphatic hydroxyl groups is 1. The Kier molecular flexibility index (Phi) is 2.52. The summed E-state index contributed by atoms with van der Waals surface area (Å²) in [4.78, 5) is 0. The second kappa shape index (κ2) is 3.90. The standard InChI is InChI=1S/C13H14BrNO/c14-11-6-9-2-1-4-15-8-10(3-5-16)12(7-11)13(9)15/h6-8,16H,1-5H2. The van der Waals surface area contributed by atoms with E-state index in [9.17, 15) is 0 Å². The van der Waals surface area contributed by atoms with Crippen molar-refractivity contribution in [2.45, 2.75) is 25.8 Å². The Labute approximate surface area is 103 Å². The van der Waals surface area contributed by atoms with Crippen LogP contribution in [0.4, 0.5) is 0 Å². The van der Waals surface area contributed by atoms with Crippen molar-refractivity contribution in [3.8, 4) is 0 Å². The largest absolute Gasteiger partial charge is 0.396 e. The molecule has 2 nitrogen and oxygen atoms in total. The minimum atomic E-state index is 0.223. The first-order valence-corrected chi connectivity index (χ1v) is 6.50. The van der Waals surface area contributed by atoms with Crippen molar-refractivity contribution in [2.75, 3.05) is 6.61 Å². The summed E-state index contributed by atoms with van der Waals surface area (Å²) in [6, 6.07) is 4.40. The van der Waals surface area contributed by atoms with Gasteiger partial charge in [0, 0.05) is 29.2 Å². The molecule has 0 saturated heterocycles. The maximum Gasteiger partial charge on any atom is 0.0516 e. The summed E-state index contributed by atoms with van der Waals surface area (Å²) in [5, 5.41) is 10.4. The maximum absolute atomic E-state index is 9.09. The molecule has 84 valence electrons. The molecule has 1 aliphatic heterocycles. The maximum atomic E-state index is 9.09. The number of nitrogens with zero attached hydrogens (tertiary/aromatic N) is 1. The van der Waals surface area contributed by atoms with Crippen LogP contribution in [-0.4, -0.2) is 16.3 Å². The first-order chi connectivity index (χ1) is 7.79. The van der Waals surface area contributed by atoms with Gasteiger partial charge in [0.1, 0.15) is 0 Å². The van der Waals surface area contributed by atoms with Crippen molar-refractivity contribution in [3.05, 3.63) is 33.9 Å². The highest BCUT2D eigenvalue weighted by Gasteiger charge is 2.16. The number of hydrogen-bond donors (Lipinski definition) is 1. The van der Waals surface area contributed by atoms with Gasteiger partial charge in [-0.25, -0.2) is 0 Å². The molecular formula is C13H14BrNO. The molecule has 0 fully saturated rings. The summed E-state index contributed by atoms with van der Waals surface area (Å²) < 4.78 is 3.49. The Morgan fingerprint density at radius 1 is 1.38 bits per heavy atom. The Hall–Kier alpha value is -0.800. The van der Waals surface area contributed by atoms with Gasteiger partial charge in [0.15, 0.2) is 0 Å². The van der Waals surface area contributed by atoms with Crippen LogP contribution in [0.5, 0.6) is 0 Å². The average Bonchev–Trinajstić information content (AvgIpc) is 2.59. The normalized spacial score (nSPS) is 14.6. The second-order valence-electron chi connectivity index (χ2n) is 4.39. The van der Waals surface area contributed by atoms with E-state index in [1.165, 1.54) is 34.9 Å². The third-order valence-electron chi connectivity index (χ3n) is 3.32. The Balaban J connectivity index is 2.31. The zero-order valence-corrected chi connectivity index (χ0v) is 10.6. The molecule has 3 rings (SSSR count). The summed E-state index contributed by atoms with van der Waals surface area (Å²) in [6.45, 7) is 1.33. The summed E-state index contributed by atoms with van der Waals surface area (Å²) in [6.07, 6.45) is 5.33. The summed E-state index contributed by atoms with van der Waals surface area (Å²) in [7, 11) is 0. The third-order valence-corrected chi connectivity index (χ3v) is 3.78. The summed E-state index contributed by atoms with van der Waals surface area (Å²) in [5.74, 6) is 0. The number of aromatic nitrogens is 1. The molecule has 1 N–H and O–H groups in total. The molecular weight excluding hydrogens is 266 g/mol. The van der Waals surface area contributed by atoms with Gasteiger partial charge in [0.05, 0.1) is 5.52 Å². The lowest BCUT2D eigenvalue weighted by molar-refractivity contribution is 0.300. The Morgan fingerprint density at radius 3 is 3.06 bits per heavy atom. The Morgan fingerprint density at radius 2 is 2.25 bits per heavy atom. The quantitative estimate of drug-likeness (QED) is 0.899. The van der Waals surface area contributed by atoms with Crippen molar-refractivity contribution in [3.63, 3.8) is 0 Å². The van der Waals surface area contributed by atoms with Gasteiger partial charge in [-0.15, -0.1) is 0 Å². The van der Waals surface area contributed by atoms with Gasteiger partial charge >= 0.3 is 0 Å². The number of aryl methyl sites for hydroxylation is 2. The van der Waals surface area contributed by atoms with Gasteiger partial charge in [0.25, 0.3) is 0 Å². The van der Waals surface area contributed by atoms with Crippen LogP contribution in [0, 0.1) is 0 Å². The van der Waals surface area contributed by atoms with E-state index in [2.05, 4.69) is 38.8 Å². The van der Waals surface area contributed by atoms with Crippen LogP contribution >= 0.6 is 15.9 Å². The van der Waals surface area contributed by atoms with Crippen LogP contribution < -0.4 is 0 Å². The van der Waals surface area contributed by atoms with Crippen molar-refractivity contribution in [1.29, 1.82) is 0 Å². The lowest BCUT2D eigenvalue weighted by Gasteiger charge is -2.15. The van der Waals surface area contributed by atoms with Gasteiger partial charge in [-0.2, -0.15) is 0 Å². The topological polar surface area (TPSA) is 25.2 Å². The fourth-order valence-corrected chi connectivity index (χ4v) is 3.19. The highest BCUT2D eigenvalue weighted by molar-refractivity contribution is 9.10. The average molecular weight is 280 g/mol. The van der Waals surface area contributed by atoms with E-state index in [1.807, 2.05) is 0 Å². The molecule has 0 radical (unpaired) electrons. The first kappa shape index (κ1) is 10.4. The van der Waals surface area contributed by atoms with Gasteiger partial charge in [-0.1, -0.05) is 15.9 Å². The van der Waals surface area contributed by atoms with E-state index in [0.29, 0.717) is 0 Å². The van der Waals surface area contributed by atoms with Gasteiger partial charge < -0.3 is 9.67 Å². The molecule has 2 heterocycles. The number of benzene rings is 1. The zero-order chi connectivity index (χ0) is 11.1. The van der Waals surface area contributed by atoms with E-state index >= 15 is 0 Å². The highest BCUT2D eigenvalue weighted by Crippen LogP contribution is 2.32. The minimum absolute atomic E-state index is 0.223. The predicted octanol–water partition coefficient (Wildman–Crippen LogP) is 2.88. The van der Waals surface area contributed by atoms with E-state index < -0.39 is 0 Å². The van der Waals surface area contributed by atoms with E-state index in [0.717, 1.165) is 17.4 Å². The summed E-state index contributed by atoms with van der Waals surface area (Å²) >= 11 is 3.57. The van der Waals surface area contributed by atoms with Crippen molar-refractivity contribution < 1.29 is 5.11 Å².